The molecule has 1 unspecified atom stereocenters. The zero-order valence-electron chi connectivity index (χ0n) is 20.3. The molecule has 30 heavy (non-hydrogen) atoms. The number of unbranched alkanes of at least 4 members (excludes halogenated alkanes) is 2. The van der Waals surface area contributed by atoms with Gasteiger partial charge in [0.25, 0.3) is 0 Å². The molecule has 0 nitrogen and oxygen atoms in total. The first kappa shape index (κ1) is 24.2. The average Bonchev–Trinajstić information content (AvgIpc) is 2.66. The van der Waals surface area contributed by atoms with E-state index in [1.807, 2.05) is 0 Å². The Morgan fingerprint density at radius 3 is 2.20 bits per heavy atom. The molecule has 0 saturated heterocycles. The molecule has 0 bridgehead atoms. The predicted octanol–water partition coefficient (Wildman–Crippen LogP) is 9.58. The second-order valence-electron chi connectivity index (χ2n) is 9.67. The van der Waals surface area contributed by atoms with E-state index in [0.717, 1.165) is 24.8 Å². The zero-order chi connectivity index (χ0) is 22.4. The van der Waals surface area contributed by atoms with Crippen LogP contribution in [0.25, 0.3) is 5.57 Å². The van der Waals surface area contributed by atoms with E-state index in [9.17, 15) is 0 Å². The highest BCUT2D eigenvalue weighted by Crippen LogP contribution is 2.48. The molecule has 0 radical (unpaired) electrons. The van der Waals surface area contributed by atoms with Crippen LogP contribution in [0.4, 0.5) is 0 Å². The van der Waals surface area contributed by atoms with Gasteiger partial charge in [-0.1, -0.05) is 105 Å². The van der Waals surface area contributed by atoms with E-state index in [1.165, 1.54) is 63.8 Å². The zero-order valence-corrected chi connectivity index (χ0v) is 20.3. The standard InChI is InChI=1S/C30H42/c1-10-11-12-14-22(6)28-24(8)18-25(9)29(23(7)17-20(2)3)30(28)27-16-13-15-26(19-27)21(4)5/h13,15-16,19-20,30H,4,6-7,10-12,14,17-18H2,1-3,5,8-9H3. The van der Waals surface area contributed by atoms with Crippen LogP contribution in [0.5, 0.6) is 0 Å². The van der Waals surface area contributed by atoms with Crippen LogP contribution in [0.3, 0.4) is 0 Å². The number of allylic oxidation sites excluding steroid dienone is 7. The highest BCUT2D eigenvalue weighted by atomic mass is 14.3. The highest BCUT2D eigenvalue weighted by molar-refractivity contribution is 5.65. The molecule has 162 valence electrons. The van der Waals surface area contributed by atoms with Crippen molar-refractivity contribution < 1.29 is 0 Å². The van der Waals surface area contributed by atoms with Gasteiger partial charge in [-0.2, -0.15) is 0 Å². The van der Waals surface area contributed by atoms with E-state index in [4.69, 9.17) is 0 Å². The lowest BCUT2D eigenvalue weighted by atomic mass is 9.69. The van der Waals surface area contributed by atoms with Crippen LogP contribution in [-0.2, 0) is 0 Å². The third-order valence-corrected chi connectivity index (χ3v) is 6.24. The monoisotopic (exact) mass is 402 g/mol. The van der Waals surface area contributed by atoms with Crippen molar-refractivity contribution in [2.75, 3.05) is 0 Å². The van der Waals surface area contributed by atoms with Crippen molar-refractivity contribution in [3.05, 3.63) is 88.6 Å². The third-order valence-electron chi connectivity index (χ3n) is 6.24. The van der Waals surface area contributed by atoms with Gasteiger partial charge in [-0.05, 0) is 74.6 Å². The molecule has 0 aromatic heterocycles. The van der Waals surface area contributed by atoms with Gasteiger partial charge in [0.05, 0.1) is 0 Å². The molecule has 0 heterocycles. The summed E-state index contributed by atoms with van der Waals surface area (Å²) in [5.41, 5.74) is 12.1. The minimum Gasteiger partial charge on any atom is -0.0955 e. The Hall–Kier alpha value is -2.08. The molecular weight excluding hydrogens is 360 g/mol. The minimum absolute atomic E-state index is 0.235. The molecular formula is C30H42. The SMILES string of the molecule is C=C(CCCCC)C1=C(C)CC(C)=C(C(=C)CC(C)C)C1c1cccc(C(=C)C)c1. The molecule has 1 atom stereocenters. The lowest BCUT2D eigenvalue weighted by molar-refractivity contribution is 0.636. The fourth-order valence-electron chi connectivity index (χ4n) is 4.88. The third kappa shape index (κ3) is 5.75. The topological polar surface area (TPSA) is 0 Å². The van der Waals surface area contributed by atoms with Crippen LogP contribution >= 0.6 is 0 Å². The van der Waals surface area contributed by atoms with E-state index >= 15 is 0 Å². The predicted molar refractivity (Wildman–Crippen MR) is 136 cm³/mol. The average molecular weight is 403 g/mol. The van der Waals surface area contributed by atoms with Crippen molar-refractivity contribution in [3.63, 3.8) is 0 Å². The molecule has 0 aliphatic heterocycles. The van der Waals surface area contributed by atoms with Gasteiger partial charge in [-0.3, -0.25) is 0 Å². The molecule has 0 spiro atoms. The van der Waals surface area contributed by atoms with Crippen molar-refractivity contribution in [1.29, 1.82) is 0 Å². The first-order chi connectivity index (χ1) is 14.2. The minimum atomic E-state index is 0.235. The Labute approximate surface area is 186 Å². The first-order valence-electron chi connectivity index (χ1n) is 11.7. The summed E-state index contributed by atoms with van der Waals surface area (Å²) in [5.74, 6) is 0.835. The summed E-state index contributed by atoms with van der Waals surface area (Å²) in [6.45, 7) is 26.9. The molecule has 0 fully saturated rings. The van der Waals surface area contributed by atoms with Gasteiger partial charge >= 0.3 is 0 Å². The quantitative estimate of drug-likeness (QED) is 0.342. The molecule has 0 N–H and O–H groups in total. The van der Waals surface area contributed by atoms with Crippen molar-refractivity contribution >= 4 is 5.57 Å². The van der Waals surface area contributed by atoms with Crippen molar-refractivity contribution in [2.45, 2.75) is 86.0 Å². The van der Waals surface area contributed by atoms with E-state index in [0.29, 0.717) is 5.92 Å². The van der Waals surface area contributed by atoms with E-state index < -0.39 is 0 Å². The highest BCUT2D eigenvalue weighted by Gasteiger charge is 2.31. The molecule has 0 saturated carbocycles. The Kier molecular flexibility index (Phi) is 8.71. The summed E-state index contributed by atoms with van der Waals surface area (Å²) in [7, 11) is 0. The maximum Gasteiger partial charge on any atom is 0.0344 e. The molecule has 0 amide bonds. The Balaban J connectivity index is 2.60. The normalized spacial score (nSPS) is 17.0. The fraction of sp³-hybridized carbons (Fsp3) is 0.467. The largest absolute Gasteiger partial charge is 0.0955 e. The second kappa shape index (κ2) is 10.8. The van der Waals surface area contributed by atoms with Crippen LogP contribution < -0.4 is 0 Å². The summed E-state index contributed by atoms with van der Waals surface area (Å²) in [6.07, 6.45) is 6.88. The van der Waals surface area contributed by atoms with Gasteiger partial charge in [0.1, 0.15) is 0 Å². The lowest BCUT2D eigenvalue weighted by Crippen LogP contribution is -2.18. The first-order valence-corrected chi connectivity index (χ1v) is 11.7. The molecule has 1 aromatic rings. The van der Waals surface area contributed by atoms with Gasteiger partial charge in [-0.25, -0.2) is 0 Å². The lowest BCUT2D eigenvalue weighted by Gasteiger charge is -2.35. The Morgan fingerprint density at radius 2 is 1.63 bits per heavy atom. The van der Waals surface area contributed by atoms with Crippen molar-refractivity contribution in [3.8, 4) is 0 Å². The second-order valence-corrected chi connectivity index (χ2v) is 9.67. The smallest absolute Gasteiger partial charge is 0.0344 e. The summed E-state index contributed by atoms with van der Waals surface area (Å²) < 4.78 is 0. The molecule has 2 rings (SSSR count). The molecule has 1 aliphatic rings. The number of hydrogen-bond donors (Lipinski definition) is 0. The summed E-state index contributed by atoms with van der Waals surface area (Å²) in [6, 6.07) is 8.96. The Morgan fingerprint density at radius 1 is 1.00 bits per heavy atom. The fourth-order valence-corrected chi connectivity index (χ4v) is 4.88. The van der Waals surface area contributed by atoms with Gasteiger partial charge in [0.15, 0.2) is 0 Å². The van der Waals surface area contributed by atoms with Crippen LogP contribution in [0.1, 0.15) is 97.1 Å². The maximum atomic E-state index is 4.59. The van der Waals surface area contributed by atoms with Crippen molar-refractivity contribution in [1.82, 2.24) is 0 Å². The molecule has 1 aliphatic carbocycles. The Bertz CT molecular complexity index is 869. The summed E-state index contributed by atoms with van der Waals surface area (Å²) in [4.78, 5) is 0. The van der Waals surface area contributed by atoms with Crippen LogP contribution in [-0.4, -0.2) is 0 Å². The van der Waals surface area contributed by atoms with E-state index in [-0.39, 0.29) is 5.92 Å². The molecule has 0 heteroatoms. The van der Waals surface area contributed by atoms with Crippen LogP contribution in [0.2, 0.25) is 0 Å². The summed E-state index contributed by atoms with van der Waals surface area (Å²) >= 11 is 0. The maximum absolute atomic E-state index is 4.59. The van der Waals surface area contributed by atoms with Gasteiger partial charge < -0.3 is 0 Å². The summed E-state index contributed by atoms with van der Waals surface area (Å²) in [5, 5.41) is 0. The van der Waals surface area contributed by atoms with E-state index in [2.05, 4.69) is 85.5 Å². The molecule has 1 aromatic carbocycles. The van der Waals surface area contributed by atoms with Crippen molar-refractivity contribution in [2.24, 2.45) is 5.92 Å². The number of hydrogen-bond acceptors (Lipinski definition) is 0. The van der Waals surface area contributed by atoms with Crippen LogP contribution in [0.15, 0.2) is 77.4 Å². The van der Waals surface area contributed by atoms with Crippen LogP contribution in [0, 0.1) is 5.92 Å². The number of rotatable bonds is 10. The van der Waals surface area contributed by atoms with Gasteiger partial charge in [0, 0.05) is 5.92 Å². The van der Waals surface area contributed by atoms with E-state index in [1.54, 1.807) is 0 Å². The van der Waals surface area contributed by atoms with Gasteiger partial charge in [-0.15, -0.1) is 0 Å². The number of benzene rings is 1. The van der Waals surface area contributed by atoms with Gasteiger partial charge in [0.2, 0.25) is 0 Å².